The van der Waals surface area contributed by atoms with Gasteiger partial charge in [0.25, 0.3) is 5.91 Å². The first-order valence-electron chi connectivity index (χ1n) is 16.4. The SMILES string of the molecule is CCCC(NC(=O)Cc1ccc(Nc2ccc([N+](=O)[O-])c3nonc23)cc1)NC(=O)Cc1c(C)n(C(=O)c2ccc(Cl)cc2)c2ccc(OC)cc12. The van der Waals surface area contributed by atoms with Gasteiger partial charge in [0.15, 0.2) is 5.52 Å². The highest BCUT2D eigenvalue weighted by molar-refractivity contribution is 6.30. The average Bonchev–Trinajstić information content (AvgIpc) is 3.72. The lowest BCUT2D eigenvalue weighted by atomic mass is 10.1. The molecule has 0 fully saturated rings. The third-order valence-electron chi connectivity index (χ3n) is 8.61. The Morgan fingerprint density at radius 1 is 0.942 bits per heavy atom. The van der Waals surface area contributed by atoms with Crippen molar-refractivity contribution in [3.05, 3.63) is 116 Å². The molecule has 0 bridgehead atoms. The number of hydrogen-bond acceptors (Lipinski definition) is 10. The van der Waals surface area contributed by atoms with Crippen molar-refractivity contribution in [2.75, 3.05) is 12.4 Å². The Hall–Kier alpha value is -6.28. The van der Waals surface area contributed by atoms with Gasteiger partial charge in [0, 0.05) is 33.4 Å². The van der Waals surface area contributed by atoms with Gasteiger partial charge in [-0.3, -0.25) is 29.1 Å². The predicted molar refractivity (Wildman–Crippen MR) is 195 cm³/mol. The van der Waals surface area contributed by atoms with Crippen LogP contribution in [0, 0.1) is 17.0 Å². The van der Waals surface area contributed by atoms with E-state index in [0.717, 1.165) is 5.56 Å². The van der Waals surface area contributed by atoms with Crippen LogP contribution < -0.4 is 20.7 Å². The minimum absolute atomic E-state index is 0.0309. The van der Waals surface area contributed by atoms with Crippen LogP contribution in [0.3, 0.4) is 0 Å². The number of benzene rings is 4. The zero-order chi connectivity index (χ0) is 36.9. The number of nitro benzene ring substituents is 1. The number of ether oxygens (including phenoxy) is 1. The van der Waals surface area contributed by atoms with Crippen molar-refractivity contribution < 1.29 is 28.7 Å². The number of amides is 2. The van der Waals surface area contributed by atoms with Gasteiger partial charge in [-0.1, -0.05) is 37.1 Å². The Bertz CT molecular complexity index is 2300. The summed E-state index contributed by atoms with van der Waals surface area (Å²) in [5.41, 5.74) is 4.24. The Morgan fingerprint density at radius 3 is 2.31 bits per heavy atom. The van der Waals surface area contributed by atoms with E-state index < -0.39 is 11.1 Å². The fraction of sp³-hybridized carbons (Fsp3) is 0.216. The standard InChI is InChI=1S/C37H34ClN7O7/c1-4-5-32(40-33(46)18-22-6-12-25(13-7-22)39-29-15-17-31(45(49)50)36-35(29)42-52-43-36)41-34(47)20-27-21(2)44(30-16-14-26(51-3)19-28(27)30)37(48)23-8-10-24(38)11-9-23/h6-17,19,32,39H,4-5,18,20H2,1-3H3,(H,40,46)(H,41,47). The van der Waals surface area contributed by atoms with Crippen LogP contribution in [-0.4, -0.2) is 50.8 Å². The molecule has 0 aliphatic rings. The Morgan fingerprint density at radius 2 is 1.63 bits per heavy atom. The third kappa shape index (κ3) is 7.56. The van der Waals surface area contributed by atoms with E-state index >= 15 is 0 Å². The highest BCUT2D eigenvalue weighted by Crippen LogP contribution is 2.32. The number of non-ortho nitro benzene ring substituents is 1. The van der Waals surface area contributed by atoms with Gasteiger partial charge >= 0.3 is 5.69 Å². The summed E-state index contributed by atoms with van der Waals surface area (Å²) in [6.45, 7) is 3.75. The lowest BCUT2D eigenvalue weighted by Gasteiger charge is -2.20. The van der Waals surface area contributed by atoms with Crippen LogP contribution in [0.1, 0.15) is 46.9 Å². The van der Waals surface area contributed by atoms with Crippen LogP contribution in [0.15, 0.2) is 83.5 Å². The molecule has 52 heavy (non-hydrogen) atoms. The van der Waals surface area contributed by atoms with Gasteiger partial charge in [0.2, 0.25) is 17.3 Å². The number of nitrogens with one attached hydrogen (secondary N) is 3. The highest BCUT2D eigenvalue weighted by Gasteiger charge is 2.24. The topological polar surface area (TPSA) is 184 Å². The first-order chi connectivity index (χ1) is 25.1. The molecule has 2 amide bonds. The maximum Gasteiger partial charge on any atom is 0.300 e. The van der Waals surface area contributed by atoms with Crippen LogP contribution in [0.2, 0.25) is 5.02 Å². The molecular weight excluding hydrogens is 690 g/mol. The van der Waals surface area contributed by atoms with Gasteiger partial charge in [0.05, 0.1) is 36.1 Å². The average molecular weight is 724 g/mol. The number of rotatable bonds is 13. The van der Waals surface area contributed by atoms with Gasteiger partial charge in [-0.25, -0.2) is 4.63 Å². The molecule has 6 aromatic rings. The molecule has 1 unspecified atom stereocenters. The van der Waals surface area contributed by atoms with E-state index in [-0.39, 0.29) is 47.3 Å². The summed E-state index contributed by atoms with van der Waals surface area (Å²) in [4.78, 5) is 51.0. The molecule has 6 rings (SSSR count). The summed E-state index contributed by atoms with van der Waals surface area (Å²) in [7, 11) is 1.55. The van der Waals surface area contributed by atoms with E-state index in [1.54, 1.807) is 85.3 Å². The van der Waals surface area contributed by atoms with Crippen molar-refractivity contribution >= 4 is 68.3 Å². The number of nitrogens with zero attached hydrogens (tertiary/aromatic N) is 4. The molecule has 14 nitrogen and oxygen atoms in total. The zero-order valence-corrected chi connectivity index (χ0v) is 29.2. The number of carbonyl (C=O) groups excluding carboxylic acids is 3. The Balaban J connectivity index is 1.12. The fourth-order valence-corrected chi connectivity index (χ4v) is 6.19. The summed E-state index contributed by atoms with van der Waals surface area (Å²) in [5, 5.41) is 29.0. The van der Waals surface area contributed by atoms with Gasteiger partial charge < -0.3 is 20.7 Å². The van der Waals surface area contributed by atoms with Crippen LogP contribution in [0.25, 0.3) is 21.9 Å². The number of halogens is 1. The van der Waals surface area contributed by atoms with Crippen molar-refractivity contribution in [2.45, 2.75) is 45.7 Å². The number of hydrogen-bond donors (Lipinski definition) is 3. The number of aromatic nitrogens is 3. The fourth-order valence-electron chi connectivity index (χ4n) is 6.06. The maximum atomic E-state index is 13.7. The summed E-state index contributed by atoms with van der Waals surface area (Å²) >= 11 is 6.05. The van der Waals surface area contributed by atoms with E-state index in [1.807, 2.05) is 6.92 Å². The number of carbonyl (C=O) groups is 3. The third-order valence-corrected chi connectivity index (χ3v) is 8.86. The molecule has 2 aromatic heterocycles. The second-order valence-corrected chi connectivity index (χ2v) is 12.5. The number of methoxy groups -OCH3 is 1. The first kappa shape index (κ1) is 35.5. The number of nitro groups is 1. The monoisotopic (exact) mass is 723 g/mol. The molecule has 0 radical (unpaired) electrons. The molecule has 0 aliphatic heterocycles. The zero-order valence-electron chi connectivity index (χ0n) is 28.4. The van der Waals surface area contributed by atoms with E-state index in [4.69, 9.17) is 21.0 Å². The van der Waals surface area contributed by atoms with Gasteiger partial charge in [-0.05, 0) is 95.4 Å². The summed E-state index contributed by atoms with van der Waals surface area (Å²) in [5.74, 6) is -0.273. The molecule has 0 spiro atoms. The molecule has 15 heteroatoms. The first-order valence-corrected chi connectivity index (χ1v) is 16.8. The molecular formula is C37H34ClN7O7. The normalized spacial score (nSPS) is 11.7. The largest absolute Gasteiger partial charge is 0.497 e. The number of fused-ring (bicyclic) bond motifs is 2. The van der Waals surface area contributed by atoms with Crippen LogP contribution in [-0.2, 0) is 22.4 Å². The summed E-state index contributed by atoms with van der Waals surface area (Å²) in [6.07, 6.45) is 0.611. The van der Waals surface area contributed by atoms with Crippen molar-refractivity contribution in [2.24, 2.45) is 0 Å². The lowest BCUT2D eigenvalue weighted by Crippen LogP contribution is -2.48. The van der Waals surface area contributed by atoms with Crippen LogP contribution >= 0.6 is 11.6 Å². The van der Waals surface area contributed by atoms with Crippen molar-refractivity contribution in [3.8, 4) is 5.75 Å². The maximum absolute atomic E-state index is 13.7. The molecule has 2 heterocycles. The predicted octanol–water partition coefficient (Wildman–Crippen LogP) is 6.63. The second-order valence-electron chi connectivity index (χ2n) is 12.1. The number of anilines is 2. The Kier molecular flexibility index (Phi) is 10.5. The quantitative estimate of drug-likeness (QED) is 0.0664. The van der Waals surface area contributed by atoms with Crippen molar-refractivity contribution in [1.29, 1.82) is 0 Å². The minimum Gasteiger partial charge on any atom is -0.497 e. The Labute approximate surface area is 302 Å². The molecule has 0 saturated carbocycles. The van der Waals surface area contributed by atoms with Gasteiger partial charge in [-0.15, -0.1) is 0 Å². The van der Waals surface area contributed by atoms with Crippen molar-refractivity contribution in [3.63, 3.8) is 0 Å². The van der Waals surface area contributed by atoms with E-state index in [9.17, 15) is 24.5 Å². The second kappa shape index (κ2) is 15.3. The van der Waals surface area contributed by atoms with E-state index in [0.29, 0.717) is 62.7 Å². The molecule has 4 aromatic carbocycles. The van der Waals surface area contributed by atoms with Crippen molar-refractivity contribution in [1.82, 2.24) is 25.5 Å². The van der Waals surface area contributed by atoms with Gasteiger partial charge in [-0.2, -0.15) is 0 Å². The lowest BCUT2D eigenvalue weighted by molar-refractivity contribution is -0.383. The van der Waals surface area contributed by atoms with E-state index in [2.05, 4.69) is 26.3 Å². The highest BCUT2D eigenvalue weighted by atomic mass is 35.5. The molecule has 1 atom stereocenters. The summed E-state index contributed by atoms with van der Waals surface area (Å²) < 4.78 is 11.8. The summed E-state index contributed by atoms with van der Waals surface area (Å²) in [6, 6.07) is 21.9. The van der Waals surface area contributed by atoms with E-state index in [1.165, 1.54) is 12.1 Å². The van der Waals surface area contributed by atoms with Gasteiger partial charge in [0.1, 0.15) is 11.9 Å². The minimum atomic E-state index is -0.620. The van der Waals surface area contributed by atoms with Crippen LogP contribution in [0.5, 0.6) is 5.75 Å². The molecule has 0 aliphatic carbocycles. The molecule has 0 saturated heterocycles. The smallest absolute Gasteiger partial charge is 0.300 e. The van der Waals surface area contributed by atoms with Crippen LogP contribution in [0.4, 0.5) is 17.1 Å². The molecule has 266 valence electrons. The molecule has 3 N–H and O–H groups in total.